The zero-order valence-corrected chi connectivity index (χ0v) is 5.87. The number of carbonyl (C=O) groups excluding carboxylic acids is 1. The second-order valence-corrected chi connectivity index (χ2v) is 2.32. The van der Waals surface area contributed by atoms with E-state index in [9.17, 15) is 4.79 Å². The number of rotatable bonds is 2. The van der Waals surface area contributed by atoms with Gasteiger partial charge >= 0.3 is 0 Å². The summed E-state index contributed by atoms with van der Waals surface area (Å²) in [5.74, 6) is -0.403. The zero-order chi connectivity index (χ0) is 7.56. The molecule has 1 rings (SSSR count). The number of carbonyl (C=O) groups is 1. The van der Waals surface area contributed by atoms with Crippen LogP contribution < -0.4 is 5.73 Å². The van der Waals surface area contributed by atoms with Crippen molar-refractivity contribution in [1.29, 1.82) is 0 Å². The van der Waals surface area contributed by atoms with Gasteiger partial charge < -0.3 is 15.2 Å². The SMILES string of the molecule is CO[C@@H]1CO[C@H](C(N)=O)C1. The molecular weight excluding hydrogens is 134 g/mol. The summed E-state index contributed by atoms with van der Waals surface area (Å²) in [4.78, 5) is 10.5. The van der Waals surface area contributed by atoms with E-state index in [1.165, 1.54) is 0 Å². The molecule has 1 fully saturated rings. The maximum Gasteiger partial charge on any atom is 0.246 e. The van der Waals surface area contributed by atoms with Gasteiger partial charge in [0.05, 0.1) is 12.7 Å². The van der Waals surface area contributed by atoms with E-state index in [1.54, 1.807) is 7.11 Å². The molecule has 4 heteroatoms. The molecule has 0 aromatic rings. The van der Waals surface area contributed by atoms with Gasteiger partial charge in [-0.1, -0.05) is 0 Å². The quantitative estimate of drug-likeness (QED) is 0.557. The van der Waals surface area contributed by atoms with Crippen LogP contribution in [0, 0.1) is 0 Å². The van der Waals surface area contributed by atoms with Crippen molar-refractivity contribution < 1.29 is 14.3 Å². The summed E-state index contributed by atoms with van der Waals surface area (Å²) in [6.07, 6.45) is 0.189. The third-order valence-corrected chi connectivity index (χ3v) is 1.61. The lowest BCUT2D eigenvalue weighted by atomic mass is 10.2. The summed E-state index contributed by atoms with van der Waals surface area (Å²) in [6.45, 7) is 0.476. The van der Waals surface area contributed by atoms with E-state index in [0.29, 0.717) is 13.0 Å². The number of ether oxygens (including phenoxy) is 2. The highest BCUT2D eigenvalue weighted by Gasteiger charge is 2.28. The number of methoxy groups -OCH3 is 1. The standard InChI is InChI=1S/C6H11NO3/c1-9-4-2-5(6(7)8)10-3-4/h4-5H,2-3H2,1H3,(H2,7,8)/t4-,5-/m0/s1. The van der Waals surface area contributed by atoms with Crippen LogP contribution in [0.5, 0.6) is 0 Å². The maximum absolute atomic E-state index is 10.5. The predicted molar refractivity (Wildman–Crippen MR) is 34.3 cm³/mol. The highest BCUT2D eigenvalue weighted by molar-refractivity contribution is 5.79. The fraction of sp³-hybridized carbons (Fsp3) is 0.833. The Balaban J connectivity index is 2.35. The predicted octanol–water partition coefficient (Wildman–Crippen LogP) is -0.724. The molecule has 0 aromatic heterocycles. The van der Waals surface area contributed by atoms with E-state index < -0.39 is 12.0 Å². The third kappa shape index (κ3) is 1.46. The van der Waals surface area contributed by atoms with Gasteiger partial charge in [-0.2, -0.15) is 0 Å². The summed E-state index contributed by atoms with van der Waals surface area (Å²) in [6, 6.07) is 0. The van der Waals surface area contributed by atoms with Crippen molar-refractivity contribution in [1.82, 2.24) is 0 Å². The molecule has 0 bridgehead atoms. The monoisotopic (exact) mass is 145 g/mol. The van der Waals surface area contributed by atoms with Crippen LogP contribution >= 0.6 is 0 Å². The Morgan fingerprint density at radius 1 is 1.80 bits per heavy atom. The molecule has 58 valence electrons. The first-order valence-corrected chi connectivity index (χ1v) is 3.17. The lowest BCUT2D eigenvalue weighted by Gasteiger charge is -2.02. The molecule has 4 nitrogen and oxygen atoms in total. The molecule has 0 saturated carbocycles. The number of primary amides is 1. The van der Waals surface area contributed by atoms with Gasteiger partial charge in [0.25, 0.3) is 0 Å². The van der Waals surface area contributed by atoms with Crippen LogP contribution in [0.4, 0.5) is 0 Å². The maximum atomic E-state index is 10.5. The van der Waals surface area contributed by atoms with E-state index in [2.05, 4.69) is 0 Å². The summed E-state index contributed by atoms with van der Waals surface area (Å²) < 4.78 is 9.98. The molecule has 1 aliphatic rings. The highest BCUT2D eigenvalue weighted by atomic mass is 16.5. The Bertz CT molecular complexity index is 137. The van der Waals surface area contributed by atoms with Crippen LogP contribution in [-0.2, 0) is 14.3 Å². The van der Waals surface area contributed by atoms with Gasteiger partial charge in [0, 0.05) is 13.5 Å². The van der Waals surface area contributed by atoms with Crippen molar-refractivity contribution in [2.24, 2.45) is 5.73 Å². The van der Waals surface area contributed by atoms with E-state index >= 15 is 0 Å². The van der Waals surface area contributed by atoms with Gasteiger partial charge in [-0.3, -0.25) is 4.79 Å². The first-order chi connectivity index (χ1) is 4.74. The third-order valence-electron chi connectivity index (χ3n) is 1.61. The number of amides is 1. The minimum absolute atomic E-state index is 0.0394. The van der Waals surface area contributed by atoms with E-state index in [0.717, 1.165) is 0 Å². The Kier molecular flexibility index (Phi) is 2.24. The van der Waals surface area contributed by atoms with Crippen LogP contribution in [0.3, 0.4) is 0 Å². The van der Waals surface area contributed by atoms with Crippen LogP contribution in [0.15, 0.2) is 0 Å². The molecular formula is C6H11NO3. The van der Waals surface area contributed by atoms with Gasteiger partial charge in [-0.15, -0.1) is 0 Å². The van der Waals surface area contributed by atoms with Gasteiger partial charge in [0.2, 0.25) is 5.91 Å². The van der Waals surface area contributed by atoms with Crippen molar-refractivity contribution >= 4 is 5.91 Å². The summed E-state index contributed by atoms with van der Waals surface area (Å²) in [5.41, 5.74) is 5.00. The van der Waals surface area contributed by atoms with E-state index in [1.807, 2.05) is 0 Å². The fourth-order valence-corrected chi connectivity index (χ4v) is 0.961. The molecule has 0 spiro atoms. The largest absolute Gasteiger partial charge is 0.379 e. The van der Waals surface area contributed by atoms with Gasteiger partial charge in [0.15, 0.2) is 0 Å². The molecule has 0 aliphatic carbocycles. The second-order valence-electron chi connectivity index (χ2n) is 2.32. The lowest BCUT2D eigenvalue weighted by molar-refractivity contribution is -0.126. The van der Waals surface area contributed by atoms with Gasteiger partial charge in [0.1, 0.15) is 6.10 Å². The van der Waals surface area contributed by atoms with E-state index in [4.69, 9.17) is 15.2 Å². The molecule has 1 saturated heterocycles. The molecule has 0 radical (unpaired) electrons. The van der Waals surface area contributed by atoms with Crippen molar-refractivity contribution in [3.8, 4) is 0 Å². The lowest BCUT2D eigenvalue weighted by Crippen LogP contribution is -2.27. The summed E-state index contributed by atoms with van der Waals surface area (Å²) in [5, 5.41) is 0. The minimum atomic E-state index is -0.440. The first-order valence-electron chi connectivity index (χ1n) is 3.17. The van der Waals surface area contributed by atoms with Crippen molar-refractivity contribution in [3.63, 3.8) is 0 Å². The molecule has 1 heterocycles. The summed E-state index contributed by atoms with van der Waals surface area (Å²) >= 11 is 0. The van der Waals surface area contributed by atoms with Crippen LogP contribution in [0.1, 0.15) is 6.42 Å². The number of nitrogens with two attached hydrogens (primary N) is 1. The Hall–Kier alpha value is -0.610. The topological polar surface area (TPSA) is 61.6 Å². The molecule has 0 aromatic carbocycles. The first kappa shape index (κ1) is 7.50. The smallest absolute Gasteiger partial charge is 0.246 e. The van der Waals surface area contributed by atoms with Crippen LogP contribution in [0.2, 0.25) is 0 Å². The summed E-state index contributed by atoms with van der Waals surface area (Å²) in [7, 11) is 1.59. The van der Waals surface area contributed by atoms with E-state index in [-0.39, 0.29) is 6.10 Å². The molecule has 1 amide bonds. The molecule has 2 atom stereocenters. The van der Waals surface area contributed by atoms with Crippen molar-refractivity contribution in [3.05, 3.63) is 0 Å². The Morgan fingerprint density at radius 3 is 2.80 bits per heavy atom. The molecule has 1 aliphatic heterocycles. The number of hydrogen-bond donors (Lipinski definition) is 1. The van der Waals surface area contributed by atoms with Gasteiger partial charge in [-0.05, 0) is 0 Å². The molecule has 0 unspecified atom stereocenters. The van der Waals surface area contributed by atoms with Crippen LogP contribution in [0.25, 0.3) is 0 Å². The number of hydrogen-bond acceptors (Lipinski definition) is 3. The average molecular weight is 145 g/mol. The van der Waals surface area contributed by atoms with Crippen molar-refractivity contribution in [2.75, 3.05) is 13.7 Å². The van der Waals surface area contributed by atoms with Crippen LogP contribution in [-0.4, -0.2) is 31.8 Å². The zero-order valence-electron chi connectivity index (χ0n) is 5.87. The molecule has 10 heavy (non-hydrogen) atoms. The average Bonchev–Trinajstić information content (AvgIpc) is 2.34. The van der Waals surface area contributed by atoms with Crippen molar-refractivity contribution in [2.45, 2.75) is 18.6 Å². The Morgan fingerprint density at radius 2 is 2.50 bits per heavy atom. The minimum Gasteiger partial charge on any atom is -0.379 e. The highest BCUT2D eigenvalue weighted by Crippen LogP contribution is 2.14. The second kappa shape index (κ2) is 2.98. The Labute approximate surface area is 59.3 Å². The van der Waals surface area contributed by atoms with Gasteiger partial charge in [-0.25, -0.2) is 0 Å². The molecule has 2 N–H and O–H groups in total. The normalized spacial score (nSPS) is 32.5. The fourth-order valence-electron chi connectivity index (χ4n) is 0.961.